The van der Waals surface area contributed by atoms with E-state index in [-0.39, 0.29) is 5.54 Å². The highest BCUT2D eigenvalue weighted by molar-refractivity contribution is 8.00. The van der Waals surface area contributed by atoms with Crippen LogP contribution in [0.15, 0.2) is 4.99 Å². The summed E-state index contributed by atoms with van der Waals surface area (Å²) in [6, 6.07) is 0. The van der Waals surface area contributed by atoms with E-state index in [9.17, 15) is 0 Å². The van der Waals surface area contributed by atoms with E-state index in [0.29, 0.717) is 0 Å². The topological polar surface area (TPSA) is 39.7 Å². The first-order valence-corrected chi connectivity index (χ1v) is 8.32. The van der Waals surface area contributed by atoms with E-state index in [1.165, 1.54) is 18.6 Å². The molecule has 2 N–H and O–H groups in total. The zero-order valence-electron chi connectivity index (χ0n) is 13.1. The van der Waals surface area contributed by atoms with Crippen molar-refractivity contribution in [1.82, 2.24) is 15.5 Å². The average Bonchev–Trinajstić information content (AvgIpc) is 2.85. The second kappa shape index (κ2) is 8.00. The van der Waals surface area contributed by atoms with Crippen molar-refractivity contribution >= 4 is 17.7 Å². The third-order valence-electron chi connectivity index (χ3n) is 3.70. The van der Waals surface area contributed by atoms with Crippen molar-refractivity contribution in [2.75, 3.05) is 39.5 Å². The van der Waals surface area contributed by atoms with Crippen molar-refractivity contribution < 1.29 is 0 Å². The molecule has 4 nitrogen and oxygen atoms in total. The van der Waals surface area contributed by atoms with Gasteiger partial charge in [0.15, 0.2) is 5.96 Å². The molecule has 0 aromatic carbocycles. The maximum atomic E-state index is 4.71. The molecule has 1 saturated heterocycles. The number of rotatable bonds is 6. The summed E-state index contributed by atoms with van der Waals surface area (Å²) in [5.74, 6) is 2.26. The van der Waals surface area contributed by atoms with Crippen LogP contribution >= 0.6 is 11.8 Å². The van der Waals surface area contributed by atoms with Crippen molar-refractivity contribution in [2.24, 2.45) is 4.99 Å². The number of nitrogens with one attached hydrogen (secondary N) is 2. The fourth-order valence-corrected chi connectivity index (χ4v) is 2.97. The number of thioether (sulfide) groups is 1. The Morgan fingerprint density at radius 2 is 2.11 bits per heavy atom. The Balaban J connectivity index is 2.45. The Morgan fingerprint density at radius 1 is 1.37 bits per heavy atom. The van der Waals surface area contributed by atoms with Gasteiger partial charge >= 0.3 is 0 Å². The molecule has 0 spiro atoms. The summed E-state index contributed by atoms with van der Waals surface area (Å²) < 4.78 is 0. The number of aliphatic imine (C=N–C) groups is 1. The van der Waals surface area contributed by atoms with E-state index in [2.05, 4.69) is 62.2 Å². The Kier molecular flexibility index (Phi) is 7.00. The Hall–Kier alpha value is -0.420. The largest absolute Gasteiger partial charge is 0.357 e. The maximum Gasteiger partial charge on any atom is 0.191 e. The summed E-state index contributed by atoms with van der Waals surface area (Å²) in [5.41, 5.74) is 0.0878. The van der Waals surface area contributed by atoms with E-state index in [1.807, 2.05) is 0 Å². The summed E-state index contributed by atoms with van der Waals surface area (Å²) in [6.45, 7) is 9.27. The summed E-state index contributed by atoms with van der Waals surface area (Å²) >= 11 is 2.08. The van der Waals surface area contributed by atoms with Gasteiger partial charge in [-0.3, -0.25) is 4.99 Å². The smallest absolute Gasteiger partial charge is 0.191 e. The SMILES string of the molecule is CCNC(=NCC(C)(C)N(C)C)NCC1CCCS1. The van der Waals surface area contributed by atoms with E-state index in [1.54, 1.807) is 0 Å². The Morgan fingerprint density at radius 3 is 2.63 bits per heavy atom. The molecule has 0 amide bonds. The van der Waals surface area contributed by atoms with Crippen molar-refractivity contribution in [3.05, 3.63) is 0 Å². The molecule has 1 aliphatic rings. The maximum absolute atomic E-state index is 4.71. The van der Waals surface area contributed by atoms with Gasteiger partial charge in [-0.05, 0) is 53.5 Å². The van der Waals surface area contributed by atoms with Crippen LogP contribution in [0.5, 0.6) is 0 Å². The highest BCUT2D eigenvalue weighted by Crippen LogP contribution is 2.25. The van der Waals surface area contributed by atoms with Crippen LogP contribution in [-0.2, 0) is 0 Å². The van der Waals surface area contributed by atoms with Gasteiger partial charge in [-0.15, -0.1) is 0 Å². The third kappa shape index (κ3) is 6.04. The molecular formula is C14H30N4S. The zero-order valence-corrected chi connectivity index (χ0v) is 13.9. The van der Waals surface area contributed by atoms with Gasteiger partial charge in [-0.1, -0.05) is 0 Å². The van der Waals surface area contributed by atoms with E-state index >= 15 is 0 Å². The molecule has 19 heavy (non-hydrogen) atoms. The molecule has 1 unspecified atom stereocenters. The Labute approximate surface area is 122 Å². The lowest BCUT2D eigenvalue weighted by Gasteiger charge is -2.31. The molecule has 0 radical (unpaired) electrons. The minimum absolute atomic E-state index is 0.0878. The first-order valence-electron chi connectivity index (χ1n) is 7.27. The number of nitrogens with zero attached hydrogens (tertiary/aromatic N) is 2. The van der Waals surface area contributed by atoms with Crippen molar-refractivity contribution in [1.29, 1.82) is 0 Å². The molecule has 0 aromatic rings. The van der Waals surface area contributed by atoms with E-state index < -0.39 is 0 Å². The lowest BCUT2D eigenvalue weighted by molar-refractivity contribution is 0.204. The van der Waals surface area contributed by atoms with Crippen LogP contribution in [0.2, 0.25) is 0 Å². The summed E-state index contributed by atoms with van der Waals surface area (Å²) in [7, 11) is 4.20. The minimum atomic E-state index is 0.0878. The summed E-state index contributed by atoms with van der Waals surface area (Å²) in [4.78, 5) is 6.93. The zero-order chi connectivity index (χ0) is 14.3. The molecule has 5 heteroatoms. The first kappa shape index (κ1) is 16.6. The monoisotopic (exact) mass is 286 g/mol. The number of guanidine groups is 1. The predicted molar refractivity (Wildman–Crippen MR) is 87.2 cm³/mol. The fourth-order valence-electron chi connectivity index (χ4n) is 1.77. The van der Waals surface area contributed by atoms with Crippen LogP contribution in [0.3, 0.4) is 0 Å². The molecule has 1 heterocycles. The van der Waals surface area contributed by atoms with E-state index in [0.717, 1.165) is 30.8 Å². The molecule has 112 valence electrons. The van der Waals surface area contributed by atoms with E-state index in [4.69, 9.17) is 4.99 Å². The summed E-state index contributed by atoms with van der Waals surface area (Å²) in [6.07, 6.45) is 2.69. The molecule has 0 bridgehead atoms. The standard InChI is InChI=1S/C14H30N4S/c1-6-15-13(16-10-12-8-7-9-19-12)17-11-14(2,3)18(4)5/h12H,6-11H2,1-5H3,(H2,15,16,17). The van der Waals surface area contributed by atoms with Gasteiger partial charge < -0.3 is 15.5 Å². The quantitative estimate of drug-likeness (QED) is 0.577. The highest BCUT2D eigenvalue weighted by atomic mass is 32.2. The van der Waals surface area contributed by atoms with Gasteiger partial charge in [0.25, 0.3) is 0 Å². The molecule has 0 saturated carbocycles. The second-order valence-corrected chi connectivity index (χ2v) is 7.33. The van der Waals surface area contributed by atoms with Gasteiger partial charge in [0.1, 0.15) is 0 Å². The molecule has 1 aliphatic heterocycles. The predicted octanol–water partition coefficient (Wildman–Crippen LogP) is 1.78. The second-order valence-electron chi connectivity index (χ2n) is 5.92. The molecule has 1 atom stereocenters. The molecular weight excluding hydrogens is 256 g/mol. The Bertz CT molecular complexity index is 283. The number of hydrogen-bond donors (Lipinski definition) is 2. The van der Waals surface area contributed by atoms with Crippen LogP contribution in [0.1, 0.15) is 33.6 Å². The molecule has 0 aromatic heterocycles. The average molecular weight is 286 g/mol. The van der Waals surface area contributed by atoms with Gasteiger partial charge in [-0.2, -0.15) is 11.8 Å². The van der Waals surface area contributed by atoms with Gasteiger partial charge in [0, 0.05) is 23.9 Å². The number of likely N-dealkylation sites (N-methyl/N-ethyl adjacent to an activating group) is 1. The van der Waals surface area contributed by atoms with Gasteiger partial charge in [0.2, 0.25) is 0 Å². The lowest BCUT2D eigenvalue weighted by atomic mass is 10.1. The molecule has 1 fully saturated rings. The van der Waals surface area contributed by atoms with Crippen LogP contribution in [0.4, 0.5) is 0 Å². The summed E-state index contributed by atoms with van der Waals surface area (Å²) in [5, 5.41) is 7.56. The van der Waals surface area contributed by atoms with Gasteiger partial charge in [0.05, 0.1) is 6.54 Å². The van der Waals surface area contributed by atoms with Crippen LogP contribution in [-0.4, -0.2) is 61.1 Å². The lowest BCUT2D eigenvalue weighted by Crippen LogP contribution is -2.44. The molecule has 1 rings (SSSR count). The van der Waals surface area contributed by atoms with Crippen molar-refractivity contribution in [3.63, 3.8) is 0 Å². The van der Waals surface area contributed by atoms with Crippen LogP contribution < -0.4 is 10.6 Å². The van der Waals surface area contributed by atoms with Crippen molar-refractivity contribution in [2.45, 2.75) is 44.4 Å². The van der Waals surface area contributed by atoms with Gasteiger partial charge in [-0.25, -0.2) is 0 Å². The minimum Gasteiger partial charge on any atom is -0.357 e. The fraction of sp³-hybridized carbons (Fsp3) is 0.929. The number of hydrogen-bond acceptors (Lipinski definition) is 3. The first-order chi connectivity index (χ1) is 8.95. The van der Waals surface area contributed by atoms with Crippen LogP contribution in [0.25, 0.3) is 0 Å². The third-order valence-corrected chi connectivity index (χ3v) is 5.10. The molecule has 0 aliphatic carbocycles. The highest BCUT2D eigenvalue weighted by Gasteiger charge is 2.20. The van der Waals surface area contributed by atoms with Crippen LogP contribution in [0, 0.1) is 0 Å². The normalized spacial score (nSPS) is 20.9. The van der Waals surface area contributed by atoms with Crippen molar-refractivity contribution in [3.8, 4) is 0 Å².